The first-order valence-electron chi connectivity index (χ1n) is 9.44. The Labute approximate surface area is 177 Å². The highest BCUT2D eigenvalue weighted by Gasteiger charge is 2.35. The Morgan fingerprint density at radius 3 is 2.87 bits per heavy atom. The van der Waals surface area contributed by atoms with E-state index in [9.17, 15) is 9.18 Å². The molecular formula is C22H19FN4O2S. The molecule has 152 valence electrons. The zero-order valence-corrected chi connectivity index (χ0v) is 17.1. The lowest BCUT2D eigenvalue weighted by atomic mass is 10.1. The third-order valence-electron chi connectivity index (χ3n) is 4.55. The highest BCUT2D eigenvalue weighted by atomic mass is 32.2. The number of ether oxygens (including phenoxy) is 1. The van der Waals surface area contributed by atoms with E-state index in [2.05, 4.69) is 21.8 Å². The summed E-state index contributed by atoms with van der Waals surface area (Å²) < 4.78 is 20.2. The predicted octanol–water partition coefficient (Wildman–Crippen LogP) is 4.79. The van der Waals surface area contributed by atoms with Crippen molar-refractivity contribution in [2.75, 3.05) is 10.7 Å². The van der Waals surface area contributed by atoms with Crippen molar-refractivity contribution in [1.29, 1.82) is 0 Å². The minimum atomic E-state index is -0.899. The van der Waals surface area contributed by atoms with Crippen molar-refractivity contribution < 1.29 is 13.9 Å². The number of hydrogen-bond acceptors (Lipinski definition) is 6. The smallest absolute Gasteiger partial charge is 0.247 e. The number of thioether (sulfide) groups is 1. The molecule has 0 radical (unpaired) electrons. The number of nitrogens with zero attached hydrogens (tertiary/aromatic N) is 4. The van der Waals surface area contributed by atoms with Crippen molar-refractivity contribution in [2.24, 2.45) is 0 Å². The van der Waals surface area contributed by atoms with Gasteiger partial charge < -0.3 is 4.74 Å². The van der Waals surface area contributed by atoms with Crippen LogP contribution in [0.5, 0.6) is 5.88 Å². The maximum atomic E-state index is 14.0. The number of hydrogen-bond donors (Lipinski definition) is 0. The van der Waals surface area contributed by atoms with Gasteiger partial charge in [0.1, 0.15) is 5.82 Å². The quantitative estimate of drug-likeness (QED) is 0.435. The van der Waals surface area contributed by atoms with Crippen molar-refractivity contribution in [3.8, 4) is 17.1 Å². The van der Waals surface area contributed by atoms with Crippen LogP contribution in [0.1, 0.15) is 25.1 Å². The monoisotopic (exact) mass is 422 g/mol. The van der Waals surface area contributed by atoms with Gasteiger partial charge in [0.25, 0.3) is 0 Å². The summed E-state index contributed by atoms with van der Waals surface area (Å²) in [6, 6.07) is 13.4. The fourth-order valence-electron chi connectivity index (χ4n) is 3.23. The van der Waals surface area contributed by atoms with Crippen LogP contribution in [0.25, 0.3) is 11.3 Å². The molecule has 1 atom stereocenters. The number of carbonyl (C=O) groups is 1. The van der Waals surface area contributed by atoms with Crippen LogP contribution in [0.3, 0.4) is 0 Å². The Morgan fingerprint density at radius 1 is 1.27 bits per heavy atom. The molecule has 3 aromatic rings. The SMILES string of the molecule is C=CCSc1nnc2c(n1)OC(c1cccc(F)c1)N(C(=O)CC)c1ccccc1-2. The number of fused-ring (bicyclic) bond motifs is 3. The highest BCUT2D eigenvalue weighted by molar-refractivity contribution is 7.99. The average Bonchev–Trinajstić information content (AvgIpc) is 2.91. The lowest BCUT2D eigenvalue weighted by Crippen LogP contribution is -2.37. The van der Waals surface area contributed by atoms with E-state index in [1.165, 1.54) is 28.8 Å². The van der Waals surface area contributed by atoms with E-state index in [0.717, 1.165) is 0 Å². The molecule has 2 heterocycles. The summed E-state index contributed by atoms with van der Waals surface area (Å²) in [6.07, 6.45) is 1.09. The Morgan fingerprint density at radius 2 is 2.10 bits per heavy atom. The van der Waals surface area contributed by atoms with Gasteiger partial charge in [0.15, 0.2) is 5.69 Å². The normalized spacial score (nSPS) is 14.9. The van der Waals surface area contributed by atoms with Crippen molar-refractivity contribution in [2.45, 2.75) is 24.7 Å². The predicted molar refractivity (Wildman–Crippen MR) is 114 cm³/mol. The maximum absolute atomic E-state index is 14.0. The van der Waals surface area contributed by atoms with Gasteiger partial charge in [-0.1, -0.05) is 55.1 Å². The van der Waals surface area contributed by atoms with Crippen LogP contribution in [-0.2, 0) is 4.79 Å². The van der Waals surface area contributed by atoms with Crippen LogP contribution in [-0.4, -0.2) is 26.8 Å². The second kappa shape index (κ2) is 8.62. The van der Waals surface area contributed by atoms with Crippen molar-refractivity contribution in [3.63, 3.8) is 0 Å². The van der Waals surface area contributed by atoms with E-state index < -0.39 is 12.0 Å². The lowest BCUT2D eigenvalue weighted by Gasteiger charge is -2.30. The van der Waals surface area contributed by atoms with E-state index in [-0.39, 0.29) is 18.2 Å². The first kappa shape index (κ1) is 20.0. The summed E-state index contributed by atoms with van der Waals surface area (Å²) in [5.41, 5.74) is 2.22. The zero-order valence-electron chi connectivity index (χ0n) is 16.3. The number of anilines is 1. The fourth-order valence-corrected chi connectivity index (χ4v) is 3.74. The minimum Gasteiger partial charge on any atom is -0.447 e. The third-order valence-corrected chi connectivity index (χ3v) is 5.38. The van der Waals surface area contributed by atoms with Crippen molar-refractivity contribution >= 4 is 23.4 Å². The van der Waals surface area contributed by atoms with Crippen LogP contribution in [0.2, 0.25) is 0 Å². The number of benzene rings is 2. The van der Waals surface area contributed by atoms with Gasteiger partial charge >= 0.3 is 0 Å². The summed E-state index contributed by atoms with van der Waals surface area (Å²) in [6.45, 7) is 5.47. The highest BCUT2D eigenvalue weighted by Crippen LogP contribution is 2.43. The summed E-state index contributed by atoms with van der Waals surface area (Å²) in [4.78, 5) is 19.0. The van der Waals surface area contributed by atoms with Gasteiger partial charge in [0.2, 0.25) is 23.2 Å². The molecule has 0 bridgehead atoms. The summed E-state index contributed by atoms with van der Waals surface area (Å²) in [5, 5.41) is 8.95. The molecule has 0 fully saturated rings. The molecule has 1 amide bonds. The van der Waals surface area contributed by atoms with Gasteiger partial charge in [-0.3, -0.25) is 9.69 Å². The molecule has 1 aliphatic rings. The van der Waals surface area contributed by atoms with Crippen molar-refractivity contribution in [3.05, 3.63) is 72.6 Å². The minimum absolute atomic E-state index is 0.168. The fraction of sp³-hybridized carbons (Fsp3) is 0.182. The number of amides is 1. The van der Waals surface area contributed by atoms with E-state index in [4.69, 9.17) is 4.74 Å². The largest absolute Gasteiger partial charge is 0.447 e. The van der Waals surface area contributed by atoms with Crippen molar-refractivity contribution in [1.82, 2.24) is 15.2 Å². The van der Waals surface area contributed by atoms with E-state index in [0.29, 0.717) is 33.4 Å². The first-order valence-corrected chi connectivity index (χ1v) is 10.4. The molecule has 6 nitrogen and oxygen atoms in total. The standard InChI is InChI=1S/C22H19FN4O2S/c1-3-12-30-22-24-20-19(25-26-22)16-10-5-6-11-17(16)27(18(28)4-2)21(29-20)14-8-7-9-15(23)13-14/h3,5-11,13,21H,1,4,12H2,2H3. The Balaban J connectivity index is 1.92. The van der Waals surface area contributed by atoms with Gasteiger partial charge in [-0.25, -0.2) is 4.39 Å². The molecule has 30 heavy (non-hydrogen) atoms. The molecule has 0 saturated heterocycles. The molecule has 4 rings (SSSR count). The molecule has 0 spiro atoms. The molecule has 0 saturated carbocycles. The topological polar surface area (TPSA) is 68.2 Å². The van der Waals surface area contributed by atoms with Crippen LogP contribution >= 0.6 is 11.8 Å². The van der Waals surface area contributed by atoms with Gasteiger partial charge in [-0.05, 0) is 18.2 Å². The molecule has 0 aliphatic carbocycles. The first-order chi connectivity index (χ1) is 14.6. The maximum Gasteiger partial charge on any atom is 0.247 e. The molecular weight excluding hydrogens is 403 g/mol. The Bertz CT molecular complexity index is 1110. The summed E-state index contributed by atoms with van der Waals surface area (Å²) in [7, 11) is 0. The van der Waals surface area contributed by atoms with Gasteiger partial charge in [-0.2, -0.15) is 4.98 Å². The summed E-state index contributed by atoms with van der Waals surface area (Å²) in [5.74, 6) is 0.273. The molecule has 8 heteroatoms. The van der Waals surface area contributed by atoms with Gasteiger partial charge in [0.05, 0.1) is 5.69 Å². The van der Waals surface area contributed by atoms with Crippen LogP contribution in [0.4, 0.5) is 10.1 Å². The van der Waals surface area contributed by atoms with E-state index >= 15 is 0 Å². The molecule has 0 N–H and O–H groups in total. The van der Waals surface area contributed by atoms with Crippen LogP contribution in [0.15, 0.2) is 66.3 Å². The molecule has 1 aromatic heterocycles. The van der Waals surface area contributed by atoms with E-state index in [1.54, 1.807) is 25.1 Å². The third kappa shape index (κ3) is 3.78. The number of rotatable bonds is 5. The average molecular weight is 422 g/mol. The number of aromatic nitrogens is 3. The second-order valence-corrected chi connectivity index (χ2v) is 7.49. The second-order valence-electron chi connectivity index (χ2n) is 6.51. The molecule has 2 aromatic carbocycles. The number of halogens is 1. The van der Waals surface area contributed by atoms with Crippen LogP contribution in [0, 0.1) is 5.82 Å². The molecule has 1 aliphatic heterocycles. The molecule has 1 unspecified atom stereocenters. The Hall–Kier alpha value is -3.26. The van der Waals surface area contributed by atoms with Gasteiger partial charge in [-0.15, -0.1) is 16.8 Å². The number of para-hydroxylation sites is 1. The zero-order chi connectivity index (χ0) is 21.1. The van der Waals surface area contributed by atoms with Gasteiger partial charge in [0, 0.05) is 23.3 Å². The number of carbonyl (C=O) groups excluding carboxylic acids is 1. The van der Waals surface area contributed by atoms with E-state index in [1.807, 2.05) is 24.3 Å². The lowest BCUT2D eigenvalue weighted by molar-refractivity contribution is -0.120. The summed E-state index contributed by atoms with van der Waals surface area (Å²) >= 11 is 1.37. The van der Waals surface area contributed by atoms with Crippen LogP contribution < -0.4 is 9.64 Å². The Kier molecular flexibility index (Phi) is 5.76.